The molecule has 130 valence electrons. The number of thioether (sulfide) groups is 1. The normalized spacial score (nSPS) is 17.2. The van der Waals surface area contributed by atoms with Crippen molar-refractivity contribution < 1.29 is 13.2 Å². The molecule has 1 saturated heterocycles. The molecule has 0 unspecified atom stereocenters. The van der Waals surface area contributed by atoms with Gasteiger partial charge in [-0.05, 0) is 26.3 Å². The lowest BCUT2D eigenvalue weighted by molar-refractivity contribution is 0.0904. The zero-order valence-electron chi connectivity index (χ0n) is 13.9. The second-order valence-electron chi connectivity index (χ2n) is 6.35. The first kappa shape index (κ1) is 18.4. The molecule has 0 aromatic carbocycles. The minimum absolute atomic E-state index is 0.155. The summed E-state index contributed by atoms with van der Waals surface area (Å²) in [5.41, 5.74) is -0.0424. The van der Waals surface area contributed by atoms with Crippen molar-refractivity contribution in [2.45, 2.75) is 44.0 Å². The Labute approximate surface area is 142 Å². The van der Waals surface area contributed by atoms with Crippen molar-refractivity contribution in [2.75, 3.05) is 24.6 Å². The highest BCUT2D eigenvalue weighted by Gasteiger charge is 2.28. The lowest BCUT2D eigenvalue weighted by Crippen LogP contribution is -2.43. The predicted molar refractivity (Wildman–Crippen MR) is 93.3 cm³/mol. The molecule has 8 heteroatoms. The first-order valence-electron chi connectivity index (χ1n) is 7.85. The van der Waals surface area contributed by atoms with Gasteiger partial charge in [-0.15, -0.1) is 0 Å². The molecule has 0 atom stereocenters. The van der Waals surface area contributed by atoms with Crippen molar-refractivity contribution in [2.24, 2.45) is 0 Å². The summed E-state index contributed by atoms with van der Waals surface area (Å²) in [6.07, 6.45) is 3.22. The molecule has 1 amide bonds. The summed E-state index contributed by atoms with van der Waals surface area (Å²) in [7, 11) is -3.52. The molecular formula is C15H25N3O3S2. The van der Waals surface area contributed by atoms with Crippen LogP contribution in [0.25, 0.3) is 0 Å². The minimum atomic E-state index is -3.52. The van der Waals surface area contributed by atoms with Crippen LogP contribution in [0.5, 0.6) is 0 Å². The molecule has 1 aromatic heterocycles. The summed E-state index contributed by atoms with van der Waals surface area (Å²) >= 11 is 1.75. The van der Waals surface area contributed by atoms with E-state index in [-0.39, 0.29) is 22.0 Å². The highest BCUT2D eigenvalue weighted by Crippen LogP contribution is 2.21. The van der Waals surface area contributed by atoms with Crippen LogP contribution < -0.4 is 5.32 Å². The summed E-state index contributed by atoms with van der Waals surface area (Å²) in [5.74, 6) is 1.34. The SMILES string of the molecule is CCCC(C)(C)NC(=O)c1cc(S(=O)(=O)N2CCSCC2)c[nH]1. The number of carbonyl (C=O) groups is 1. The van der Waals surface area contributed by atoms with Crippen LogP contribution in [0.1, 0.15) is 44.1 Å². The molecule has 1 aromatic rings. The number of nitrogens with one attached hydrogen (secondary N) is 2. The second kappa shape index (κ2) is 7.27. The molecule has 1 fully saturated rings. The molecule has 0 spiro atoms. The predicted octanol–water partition coefficient (Wildman–Crippen LogP) is 2.06. The summed E-state index contributed by atoms with van der Waals surface area (Å²) in [6, 6.07) is 1.43. The van der Waals surface area contributed by atoms with Gasteiger partial charge in [-0.1, -0.05) is 13.3 Å². The first-order chi connectivity index (χ1) is 10.8. The third-order valence-corrected chi connectivity index (χ3v) is 6.65. The van der Waals surface area contributed by atoms with Crippen LogP contribution in [-0.4, -0.2) is 53.7 Å². The summed E-state index contributed by atoms with van der Waals surface area (Å²) < 4.78 is 26.6. The van der Waals surface area contributed by atoms with E-state index in [1.54, 1.807) is 11.8 Å². The average molecular weight is 360 g/mol. The van der Waals surface area contributed by atoms with Crippen molar-refractivity contribution in [1.29, 1.82) is 0 Å². The molecule has 0 radical (unpaired) electrons. The molecule has 2 rings (SSSR count). The van der Waals surface area contributed by atoms with E-state index in [2.05, 4.69) is 17.2 Å². The van der Waals surface area contributed by atoms with E-state index in [0.29, 0.717) is 13.1 Å². The molecule has 6 nitrogen and oxygen atoms in total. The standard InChI is InChI=1S/C15H25N3O3S2/c1-4-5-15(2,3)17-14(19)13-10-12(11-16-13)23(20,21)18-6-8-22-9-7-18/h10-11,16H,4-9H2,1-3H3,(H,17,19). The van der Waals surface area contributed by atoms with Gasteiger partial charge in [-0.25, -0.2) is 8.42 Å². The first-order valence-corrected chi connectivity index (χ1v) is 10.4. The number of aromatic amines is 1. The molecule has 2 N–H and O–H groups in total. The summed E-state index contributed by atoms with van der Waals surface area (Å²) in [5, 5.41) is 2.94. The van der Waals surface area contributed by atoms with E-state index in [4.69, 9.17) is 0 Å². The van der Waals surface area contributed by atoms with Gasteiger partial charge in [0.1, 0.15) is 10.6 Å². The van der Waals surface area contributed by atoms with Crippen LogP contribution >= 0.6 is 11.8 Å². The fourth-order valence-electron chi connectivity index (χ4n) is 2.65. The Hall–Kier alpha value is -0.990. The number of nitrogens with zero attached hydrogens (tertiary/aromatic N) is 1. The van der Waals surface area contributed by atoms with Crippen LogP contribution in [-0.2, 0) is 10.0 Å². The Morgan fingerprint density at radius 1 is 1.39 bits per heavy atom. The number of amides is 1. The van der Waals surface area contributed by atoms with Gasteiger partial charge in [-0.3, -0.25) is 4.79 Å². The van der Waals surface area contributed by atoms with Gasteiger partial charge in [0.15, 0.2) is 0 Å². The van der Waals surface area contributed by atoms with E-state index in [1.807, 2.05) is 13.8 Å². The molecule has 0 aliphatic carbocycles. The third-order valence-electron chi connectivity index (χ3n) is 3.84. The highest BCUT2D eigenvalue weighted by molar-refractivity contribution is 7.99. The maximum atomic E-state index is 12.6. The number of sulfonamides is 1. The molecule has 2 heterocycles. The minimum Gasteiger partial charge on any atom is -0.356 e. The number of carbonyl (C=O) groups excluding carboxylic acids is 1. The van der Waals surface area contributed by atoms with Gasteiger partial charge in [0.25, 0.3) is 5.91 Å². The Balaban J connectivity index is 2.12. The van der Waals surface area contributed by atoms with Crippen molar-refractivity contribution in [3.63, 3.8) is 0 Å². The monoisotopic (exact) mass is 359 g/mol. The number of H-pyrrole nitrogens is 1. The van der Waals surface area contributed by atoms with E-state index in [0.717, 1.165) is 24.3 Å². The van der Waals surface area contributed by atoms with Gasteiger partial charge in [0.05, 0.1) is 0 Å². The summed E-state index contributed by atoms with van der Waals surface area (Å²) in [4.78, 5) is 15.2. The lowest BCUT2D eigenvalue weighted by Gasteiger charge is -2.25. The quantitative estimate of drug-likeness (QED) is 0.814. The largest absolute Gasteiger partial charge is 0.356 e. The Kier molecular flexibility index (Phi) is 5.80. The molecule has 23 heavy (non-hydrogen) atoms. The molecule has 1 aliphatic heterocycles. The molecule has 0 bridgehead atoms. The fourth-order valence-corrected chi connectivity index (χ4v) is 5.22. The number of rotatable bonds is 6. The Morgan fingerprint density at radius 3 is 2.65 bits per heavy atom. The van der Waals surface area contributed by atoms with Gasteiger partial charge in [-0.2, -0.15) is 16.1 Å². The Bertz CT molecular complexity index is 647. The van der Waals surface area contributed by atoms with Crippen LogP contribution in [0.3, 0.4) is 0 Å². The van der Waals surface area contributed by atoms with Gasteiger partial charge < -0.3 is 10.3 Å². The topological polar surface area (TPSA) is 82.3 Å². The molecule has 0 saturated carbocycles. The second-order valence-corrected chi connectivity index (χ2v) is 9.52. The zero-order chi connectivity index (χ0) is 17.1. The van der Waals surface area contributed by atoms with Crippen molar-refractivity contribution in [3.8, 4) is 0 Å². The molecular weight excluding hydrogens is 334 g/mol. The maximum Gasteiger partial charge on any atom is 0.268 e. The van der Waals surface area contributed by atoms with Gasteiger partial charge in [0.2, 0.25) is 10.0 Å². The molecule has 1 aliphatic rings. The van der Waals surface area contributed by atoms with Gasteiger partial charge in [0, 0.05) is 36.3 Å². The number of hydrogen-bond donors (Lipinski definition) is 2. The fraction of sp³-hybridized carbons (Fsp3) is 0.667. The smallest absolute Gasteiger partial charge is 0.268 e. The van der Waals surface area contributed by atoms with Crippen molar-refractivity contribution in [3.05, 3.63) is 18.0 Å². The number of hydrogen-bond acceptors (Lipinski definition) is 4. The zero-order valence-corrected chi connectivity index (χ0v) is 15.5. The van der Waals surface area contributed by atoms with Crippen LogP contribution in [0.15, 0.2) is 17.2 Å². The van der Waals surface area contributed by atoms with Gasteiger partial charge >= 0.3 is 0 Å². The van der Waals surface area contributed by atoms with Crippen LogP contribution in [0.4, 0.5) is 0 Å². The van der Waals surface area contributed by atoms with E-state index in [9.17, 15) is 13.2 Å². The lowest BCUT2D eigenvalue weighted by atomic mass is 9.99. The Morgan fingerprint density at radius 2 is 2.04 bits per heavy atom. The highest BCUT2D eigenvalue weighted by atomic mass is 32.2. The van der Waals surface area contributed by atoms with E-state index < -0.39 is 10.0 Å². The average Bonchev–Trinajstić information content (AvgIpc) is 2.98. The summed E-state index contributed by atoms with van der Waals surface area (Å²) in [6.45, 7) is 7.01. The third kappa shape index (κ3) is 4.51. The van der Waals surface area contributed by atoms with Crippen molar-refractivity contribution in [1.82, 2.24) is 14.6 Å². The van der Waals surface area contributed by atoms with Crippen LogP contribution in [0.2, 0.25) is 0 Å². The van der Waals surface area contributed by atoms with E-state index in [1.165, 1.54) is 16.6 Å². The van der Waals surface area contributed by atoms with Crippen LogP contribution in [0, 0.1) is 0 Å². The van der Waals surface area contributed by atoms with E-state index >= 15 is 0 Å². The maximum absolute atomic E-state index is 12.6. The number of aromatic nitrogens is 1. The van der Waals surface area contributed by atoms with Crippen molar-refractivity contribution >= 4 is 27.7 Å².